The number of benzene rings is 1. The van der Waals surface area contributed by atoms with Gasteiger partial charge in [0.15, 0.2) is 5.78 Å². The summed E-state index contributed by atoms with van der Waals surface area (Å²) in [4.78, 5) is 11.9. The molecule has 0 saturated carbocycles. The van der Waals surface area contributed by atoms with Gasteiger partial charge in [-0.2, -0.15) is 0 Å². The van der Waals surface area contributed by atoms with Gasteiger partial charge in [0.05, 0.1) is 12.2 Å². The number of hydrogen-bond donors (Lipinski definition) is 1. The van der Waals surface area contributed by atoms with Crippen LogP contribution in [0.25, 0.3) is 0 Å². The monoisotopic (exact) mass is 221 g/mol. The molecule has 16 heavy (non-hydrogen) atoms. The van der Waals surface area contributed by atoms with Crippen LogP contribution in [0.1, 0.15) is 36.5 Å². The summed E-state index contributed by atoms with van der Waals surface area (Å²) in [5.41, 5.74) is 6.08. The van der Waals surface area contributed by atoms with Crippen molar-refractivity contribution < 1.29 is 9.53 Å². The first-order valence-electron chi connectivity index (χ1n) is 5.74. The van der Waals surface area contributed by atoms with E-state index < -0.39 is 0 Å². The Morgan fingerprint density at radius 1 is 1.31 bits per heavy atom. The van der Waals surface area contributed by atoms with Gasteiger partial charge in [0.2, 0.25) is 0 Å². The number of Topliss-reactive ketones (excluding diaryl/α,β-unsaturated/α-hetero) is 1. The van der Waals surface area contributed by atoms with E-state index in [1.165, 1.54) is 0 Å². The van der Waals surface area contributed by atoms with E-state index in [-0.39, 0.29) is 5.78 Å². The van der Waals surface area contributed by atoms with Crippen LogP contribution in [0.4, 0.5) is 0 Å². The van der Waals surface area contributed by atoms with E-state index in [2.05, 4.69) is 0 Å². The predicted octanol–water partition coefficient (Wildman–Crippen LogP) is 2.40. The number of rotatable bonds is 7. The highest BCUT2D eigenvalue weighted by Gasteiger charge is 2.10. The van der Waals surface area contributed by atoms with Gasteiger partial charge in [0, 0.05) is 6.42 Å². The second-order valence-electron chi connectivity index (χ2n) is 3.60. The van der Waals surface area contributed by atoms with Crippen LogP contribution in [-0.4, -0.2) is 18.9 Å². The van der Waals surface area contributed by atoms with Crippen LogP contribution < -0.4 is 10.5 Å². The summed E-state index contributed by atoms with van der Waals surface area (Å²) < 4.78 is 5.42. The first kappa shape index (κ1) is 12.7. The van der Waals surface area contributed by atoms with Crippen molar-refractivity contribution in [3.05, 3.63) is 29.8 Å². The highest BCUT2D eigenvalue weighted by Crippen LogP contribution is 2.20. The molecule has 3 heteroatoms. The van der Waals surface area contributed by atoms with Crippen LogP contribution in [0.3, 0.4) is 0 Å². The fourth-order valence-electron chi connectivity index (χ4n) is 1.54. The summed E-state index contributed by atoms with van der Waals surface area (Å²) in [6, 6.07) is 7.38. The molecule has 0 aliphatic rings. The zero-order chi connectivity index (χ0) is 11.8. The van der Waals surface area contributed by atoms with Crippen molar-refractivity contribution in [3.63, 3.8) is 0 Å². The van der Waals surface area contributed by atoms with E-state index in [0.29, 0.717) is 30.9 Å². The highest BCUT2D eigenvalue weighted by molar-refractivity contribution is 5.98. The maximum Gasteiger partial charge on any atom is 0.166 e. The van der Waals surface area contributed by atoms with Crippen LogP contribution in [-0.2, 0) is 0 Å². The van der Waals surface area contributed by atoms with Crippen molar-refractivity contribution in [1.82, 2.24) is 0 Å². The average Bonchev–Trinajstić information content (AvgIpc) is 2.30. The molecule has 0 unspecified atom stereocenters. The van der Waals surface area contributed by atoms with Gasteiger partial charge in [-0.15, -0.1) is 0 Å². The van der Waals surface area contributed by atoms with Gasteiger partial charge in [0.25, 0.3) is 0 Å². The standard InChI is InChI=1S/C13H19NO2/c1-2-16-13-9-4-3-7-11(13)12(15)8-5-6-10-14/h3-4,7,9H,2,5-6,8,10,14H2,1H3. The van der Waals surface area contributed by atoms with E-state index in [1.54, 1.807) is 0 Å². The first-order chi connectivity index (χ1) is 7.79. The molecular weight excluding hydrogens is 202 g/mol. The Hall–Kier alpha value is -1.35. The van der Waals surface area contributed by atoms with Crippen LogP contribution in [0, 0.1) is 0 Å². The second-order valence-corrected chi connectivity index (χ2v) is 3.60. The van der Waals surface area contributed by atoms with Gasteiger partial charge < -0.3 is 10.5 Å². The number of para-hydroxylation sites is 1. The van der Waals surface area contributed by atoms with Gasteiger partial charge in [0.1, 0.15) is 5.75 Å². The van der Waals surface area contributed by atoms with Crippen molar-refractivity contribution in [2.75, 3.05) is 13.2 Å². The summed E-state index contributed by atoms with van der Waals surface area (Å²) in [6.45, 7) is 3.13. The normalized spacial score (nSPS) is 10.1. The molecule has 0 aliphatic carbocycles. The Kier molecular flexibility index (Phi) is 5.57. The summed E-state index contributed by atoms with van der Waals surface area (Å²) >= 11 is 0. The number of ketones is 1. The molecule has 0 heterocycles. The molecule has 0 radical (unpaired) electrons. The third-order valence-electron chi connectivity index (χ3n) is 2.35. The van der Waals surface area contributed by atoms with Gasteiger partial charge >= 0.3 is 0 Å². The quantitative estimate of drug-likeness (QED) is 0.568. The number of unbranched alkanes of at least 4 members (excludes halogenated alkanes) is 1. The Balaban J connectivity index is 2.66. The molecule has 0 spiro atoms. The molecule has 0 aromatic heterocycles. The van der Waals surface area contributed by atoms with Gasteiger partial charge in [-0.3, -0.25) is 4.79 Å². The molecule has 0 atom stereocenters. The van der Waals surface area contributed by atoms with Gasteiger partial charge in [-0.25, -0.2) is 0 Å². The van der Waals surface area contributed by atoms with Crippen LogP contribution in [0.2, 0.25) is 0 Å². The summed E-state index contributed by atoms with van der Waals surface area (Å²) in [7, 11) is 0. The number of nitrogens with two attached hydrogens (primary N) is 1. The lowest BCUT2D eigenvalue weighted by molar-refractivity contribution is 0.0976. The first-order valence-corrected chi connectivity index (χ1v) is 5.74. The zero-order valence-electron chi connectivity index (χ0n) is 9.74. The lowest BCUT2D eigenvalue weighted by Gasteiger charge is -2.08. The molecule has 0 aliphatic heterocycles. The smallest absolute Gasteiger partial charge is 0.166 e. The zero-order valence-corrected chi connectivity index (χ0v) is 9.74. The van der Waals surface area contributed by atoms with Crippen LogP contribution in [0.5, 0.6) is 5.75 Å². The molecule has 3 nitrogen and oxygen atoms in total. The van der Waals surface area contributed by atoms with Crippen molar-refractivity contribution in [2.45, 2.75) is 26.2 Å². The van der Waals surface area contributed by atoms with Crippen molar-refractivity contribution in [1.29, 1.82) is 0 Å². The lowest BCUT2D eigenvalue weighted by atomic mass is 10.0. The van der Waals surface area contributed by atoms with E-state index in [0.717, 1.165) is 12.8 Å². The molecule has 0 amide bonds. The Labute approximate surface area is 96.6 Å². The molecular formula is C13H19NO2. The van der Waals surface area contributed by atoms with Crippen LogP contribution in [0.15, 0.2) is 24.3 Å². The molecule has 0 bridgehead atoms. The highest BCUT2D eigenvalue weighted by atomic mass is 16.5. The minimum atomic E-state index is 0.137. The Morgan fingerprint density at radius 3 is 2.75 bits per heavy atom. The number of carbonyl (C=O) groups excluding carboxylic acids is 1. The number of carbonyl (C=O) groups is 1. The topological polar surface area (TPSA) is 52.3 Å². The Bertz CT molecular complexity index is 336. The summed E-state index contributed by atoms with van der Waals surface area (Å²) in [6.07, 6.45) is 2.28. The van der Waals surface area contributed by atoms with Crippen molar-refractivity contribution >= 4 is 5.78 Å². The molecule has 1 aromatic rings. The lowest BCUT2D eigenvalue weighted by Crippen LogP contribution is -2.05. The fraction of sp³-hybridized carbons (Fsp3) is 0.462. The maximum atomic E-state index is 11.9. The molecule has 0 saturated heterocycles. The van der Waals surface area contributed by atoms with E-state index in [9.17, 15) is 4.79 Å². The van der Waals surface area contributed by atoms with Gasteiger partial charge in [-0.1, -0.05) is 12.1 Å². The van der Waals surface area contributed by atoms with Crippen molar-refractivity contribution in [2.24, 2.45) is 5.73 Å². The second kappa shape index (κ2) is 7.01. The van der Waals surface area contributed by atoms with Crippen molar-refractivity contribution in [3.8, 4) is 5.75 Å². The molecule has 1 aromatic carbocycles. The summed E-state index contributed by atoms with van der Waals surface area (Å²) in [5.74, 6) is 0.820. The predicted molar refractivity (Wildman–Crippen MR) is 64.8 cm³/mol. The molecule has 0 fully saturated rings. The largest absolute Gasteiger partial charge is 0.493 e. The summed E-state index contributed by atoms with van der Waals surface area (Å²) in [5, 5.41) is 0. The Morgan fingerprint density at radius 2 is 2.06 bits per heavy atom. The van der Waals surface area contributed by atoms with E-state index in [4.69, 9.17) is 10.5 Å². The third kappa shape index (κ3) is 3.66. The minimum absolute atomic E-state index is 0.137. The van der Waals surface area contributed by atoms with E-state index >= 15 is 0 Å². The maximum absolute atomic E-state index is 11.9. The number of hydrogen-bond acceptors (Lipinski definition) is 3. The van der Waals surface area contributed by atoms with Crippen LogP contribution >= 0.6 is 0 Å². The molecule has 88 valence electrons. The average molecular weight is 221 g/mol. The molecule has 1 rings (SSSR count). The number of ether oxygens (including phenoxy) is 1. The minimum Gasteiger partial charge on any atom is -0.493 e. The molecule has 2 N–H and O–H groups in total. The van der Waals surface area contributed by atoms with Gasteiger partial charge in [-0.05, 0) is 38.4 Å². The van der Waals surface area contributed by atoms with E-state index in [1.807, 2.05) is 31.2 Å². The third-order valence-corrected chi connectivity index (χ3v) is 2.35. The fourth-order valence-corrected chi connectivity index (χ4v) is 1.54. The SMILES string of the molecule is CCOc1ccccc1C(=O)CCCCN.